The lowest BCUT2D eigenvalue weighted by Gasteiger charge is -2.29. The van der Waals surface area contributed by atoms with Crippen LogP contribution in [0.4, 0.5) is 0 Å². The van der Waals surface area contributed by atoms with Crippen LogP contribution >= 0.6 is 0 Å². The van der Waals surface area contributed by atoms with Crippen LogP contribution in [-0.2, 0) is 13.0 Å². The van der Waals surface area contributed by atoms with Crippen molar-refractivity contribution >= 4 is 5.91 Å². The van der Waals surface area contributed by atoms with Crippen molar-refractivity contribution in [1.29, 1.82) is 0 Å². The first kappa shape index (κ1) is 17.1. The Morgan fingerprint density at radius 2 is 2.23 bits per heavy atom. The van der Waals surface area contributed by atoms with E-state index in [2.05, 4.69) is 34.3 Å². The smallest absolute Gasteiger partial charge is 0.274 e. The van der Waals surface area contributed by atoms with Crippen molar-refractivity contribution in [2.45, 2.75) is 58.0 Å². The van der Waals surface area contributed by atoms with Gasteiger partial charge in [0.25, 0.3) is 5.91 Å². The monoisotopic (exact) mass is 354 g/mol. The number of aromatic nitrogens is 4. The molecule has 0 aliphatic carbocycles. The summed E-state index contributed by atoms with van der Waals surface area (Å²) >= 11 is 0. The maximum atomic E-state index is 12.8. The lowest BCUT2D eigenvalue weighted by Crippen LogP contribution is -2.37. The average molecular weight is 354 g/mol. The average Bonchev–Trinajstić information content (AvgIpc) is 3.18. The highest BCUT2D eigenvalue weighted by Crippen LogP contribution is 2.24. The minimum absolute atomic E-state index is 0.0307. The maximum Gasteiger partial charge on any atom is 0.274 e. The van der Waals surface area contributed by atoms with Crippen LogP contribution in [0.5, 0.6) is 0 Å². The van der Waals surface area contributed by atoms with Crippen LogP contribution in [0.15, 0.2) is 12.3 Å². The lowest BCUT2D eigenvalue weighted by molar-refractivity contribution is 0.0727. The van der Waals surface area contributed by atoms with E-state index < -0.39 is 0 Å². The standard InChI is InChI=1S/C19H26N6O/c1-12(2)16-9-17(24-23-16)19(26)25-8-6-14-13(11-25)10-21-18(22-14)15-5-3-4-7-20-15/h9-10,12,15,20H,3-8,11H2,1-2H3,(H,23,24)/t15-/m0/s1. The number of rotatable bonds is 3. The molecule has 26 heavy (non-hydrogen) atoms. The van der Waals surface area contributed by atoms with E-state index >= 15 is 0 Å². The molecule has 0 aromatic carbocycles. The number of aromatic amines is 1. The summed E-state index contributed by atoms with van der Waals surface area (Å²) in [5.74, 6) is 1.19. The molecule has 2 N–H and O–H groups in total. The summed E-state index contributed by atoms with van der Waals surface area (Å²) in [6.45, 7) is 6.42. The Hall–Kier alpha value is -2.28. The van der Waals surface area contributed by atoms with Gasteiger partial charge in [0.2, 0.25) is 0 Å². The highest BCUT2D eigenvalue weighted by Gasteiger charge is 2.26. The molecular formula is C19H26N6O. The molecule has 0 unspecified atom stereocenters. The van der Waals surface area contributed by atoms with Crippen molar-refractivity contribution in [3.63, 3.8) is 0 Å². The summed E-state index contributed by atoms with van der Waals surface area (Å²) < 4.78 is 0. The highest BCUT2D eigenvalue weighted by molar-refractivity contribution is 5.92. The second-order valence-corrected chi connectivity index (χ2v) is 7.54. The molecular weight excluding hydrogens is 328 g/mol. The summed E-state index contributed by atoms with van der Waals surface area (Å²) in [4.78, 5) is 24.0. The number of hydrogen-bond donors (Lipinski definition) is 2. The predicted octanol–water partition coefficient (Wildman–Crippen LogP) is 2.34. The quantitative estimate of drug-likeness (QED) is 0.883. The minimum Gasteiger partial charge on any atom is -0.332 e. The SMILES string of the molecule is CC(C)c1cc(C(=O)N2CCc3nc([C@@H]4CCCCN4)ncc3C2)n[nH]1. The van der Waals surface area contributed by atoms with E-state index in [9.17, 15) is 4.79 Å². The second-order valence-electron chi connectivity index (χ2n) is 7.54. The van der Waals surface area contributed by atoms with Crippen LogP contribution in [0, 0.1) is 0 Å². The van der Waals surface area contributed by atoms with Gasteiger partial charge in [-0.25, -0.2) is 9.97 Å². The van der Waals surface area contributed by atoms with Gasteiger partial charge in [-0.2, -0.15) is 5.10 Å². The van der Waals surface area contributed by atoms with E-state index in [0.29, 0.717) is 24.7 Å². The first-order chi connectivity index (χ1) is 12.6. The fourth-order valence-electron chi connectivity index (χ4n) is 3.65. The predicted molar refractivity (Wildman–Crippen MR) is 97.7 cm³/mol. The van der Waals surface area contributed by atoms with Crippen LogP contribution in [0.3, 0.4) is 0 Å². The van der Waals surface area contributed by atoms with Gasteiger partial charge in [-0.1, -0.05) is 20.3 Å². The molecule has 1 fully saturated rings. The number of hydrogen-bond acceptors (Lipinski definition) is 5. The minimum atomic E-state index is -0.0307. The molecule has 0 radical (unpaired) electrons. The number of H-pyrrole nitrogens is 1. The topological polar surface area (TPSA) is 86.8 Å². The summed E-state index contributed by atoms with van der Waals surface area (Å²) in [6.07, 6.45) is 6.22. The van der Waals surface area contributed by atoms with Crippen LogP contribution in [0.1, 0.15) is 78.3 Å². The van der Waals surface area contributed by atoms with Gasteiger partial charge in [0.15, 0.2) is 0 Å². The zero-order valence-corrected chi connectivity index (χ0v) is 15.5. The molecule has 7 heteroatoms. The third kappa shape index (κ3) is 3.35. The van der Waals surface area contributed by atoms with Gasteiger partial charge in [-0.3, -0.25) is 9.89 Å². The van der Waals surface area contributed by atoms with Crippen molar-refractivity contribution in [3.8, 4) is 0 Å². The van der Waals surface area contributed by atoms with Crippen LogP contribution < -0.4 is 5.32 Å². The number of carbonyl (C=O) groups is 1. The first-order valence-electron chi connectivity index (χ1n) is 9.54. The normalized spacial score (nSPS) is 20.3. The van der Waals surface area contributed by atoms with Crippen molar-refractivity contribution in [2.75, 3.05) is 13.1 Å². The molecule has 138 valence electrons. The van der Waals surface area contributed by atoms with E-state index in [1.807, 2.05) is 17.2 Å². The van der Waals surface area contributed by atoms with Crippen molar-refractivity contribution < 1.29 is 4.79 Å². The molecule has 0 spiro atoms. The lowest BCUT2D eigenvalue weighted by atomic mass is 10.0. The van der Waals surface area contributed by atoms with E-state index in [-0.39, 0.29) is 11.9 Å². The van der Waals surface area contributed by atoms with Gasteiger partial charge in [-0.05, 0) is 31.4 Å². The number of piperidine rings is 1. The molecule has 4 rings (SSSR count). The third-order valence-corrected chi connectivity index (χ3v) is 5.30. The van der Waals surface area contributed by atoms with Crippen molar-refractivity contribution in [3.05, 3.63) is 40.7 Å². The van der Waals surface area contributed by atoms with E-state index in [0.717, 1.165) is 42.2 Å². The Morgan fingerprint density at radius 3 is 2.96 bits per heavy atom. The first-order valence-corrected chi connectivity index (χ1v) is 9.54. The Bertz CT molecular complexity index is 793. The van der Waals surface area contributed by atoms with E-state index in [1.165, 1.54) is 12.8 Å². The summed E-state index contributed by atoms with van der Waals surface area (Å²) in [5, 5.41) is 10.6. The summed E-state index contributed by atoms with van der Waals surface area (Å²) in [6, 6.07) is 2.13. The molecule has 2 aromatic heterocycles. The van der Waals surface area contributed by atoms with Gasteiger partial charge in [0.1, 0.15) is 11.5 Å². The van der Waals surface area contributed by atoms with Gasteiger partial charge in [-0.15, -0.1) is 0 Å². The van der Waals surface area contributed by atoms with Crippen molar-refractivity contribution in [1.82, 2.24) is 30.4 Å². The molecule has 4 heterocycles. The molecule has 1 amide bonds. The molecule has 2 aliphatic heterocycles. The summed E-state index contributed by atoms with van der Waals surface area (Å²) in [7, 11) is 0. The maximum absolute atomic E-state index is 12.8. The summed E-state index contributed by atoms with van der Waals surface area (Å²) in [5.41, 5.74) is 3.60. The zero-order chi connectivity index (χ0) is 18.1. The molecule has 1 atom stereocenters. The van der Waals surface area contributed by atoms with Crippen LogP contribution in [0.25, 0.3) is 0 Å². The number of carbonyl (C=O) groups excluding carboxylic acids is 1. The van der Waals surface area contributed by atoms with E-state index in [1.54, 1.807) is 0 Å². The van der Waals surface area contributed by atoms with Gasteiger partial charge in [0.05, 0.1) is 11.7 Å². The van der Waals surface area contributed by atoms with E-state index in [4.69, 9.17) is 4.98 Å². The molecule has 0 bridgehead atoms. The number of nitrogens with zero attached hydrogens (tertiary/aromatic N) is 4. The van der Waals surface area contributed by atoms with Gasteiger partial charge in [0, 0.05) is 37.0 Å². The molecule has 0 saturated carbocycles. The zero-order valence-electron chi connectivity index (χ0n) is 15.5. The van der Waals surface area contributed by atoms with Crippen molar-refractivity contribution in [2.24, 2.45) is 0 Å². The molecule has 7 nitrogen and oxygen atoms in total. The Balaban J connectivity index is 1.48. The Kier molecular flexibility index (Phi) is 4.72. The van der Waals surface area contributed by atoms with Crippen LogP contribution in [-0.4, -0.2) is 44.1 Å². The second kappa shape index (κ2) is 7.15. The molecule has 2 aliphatic rings. The van der Waals surface area contributed by atoms with Gasteiger partial charge >= 0.3 is 0 Å². The highest BCUT2D eigenvalue weighted by atomic mass is 16.2. The van der Waals surface area contributed by atoms with Gasteiger partial charge < -0.3 is 10.2 Å². The molecule has 2 aromatic rings. The largest absolute Gasteiger partial charge is 0.332 e. The fourth-order valence-corrected chi connectivity index (χ4v) is 3.65. The third-order valence-electron chi connectivity index (χ3n) is 5.30. The number of amides is 1. The molecule has 1 saturated heterocycles. The fraction of sp³-hybridized carbons (Fsp3) is 0.579. The van der Waals surface area contributed by atoms with Crippen LogP contribution in [0.2, 0.25) is 0 Å². The Labute approximate surface area is 153 Å². The number of nitrogens with one attached hydrogen (secondary N) is 2. The Morgan fingerprint density at radius 1 is 1.35 bits per heavy atom. The number of fused-ring (bicyclic) bond motifs is 1.